The number of nitrogens with zero attached hydrogens (tertiary/aromatic N) is 1. The van der Waals surface area contributed by atoms with Crippen LogP contribution in [0, 0.1) is 13.8 Å². The molecule has 0 aromatic heterocycles. The van der Waals surface area contributed by atoms with Gasteiger partial charge in [-0.25, -0.2) is 0 Å². The van der Waals surface area contributed by atoms with Gasteiger partial charge in [0.15, 0.2) is 0 Å². The quantitative estimate of drug-likeness (QED) is 0.824. The van der Waals surface area contributed by atoms with Crippen molar-refractivity contribution >= 4 is 0 Å². The topological polar surface area (TPSA) is 29.3 Å². The van der Waals surface area contributed by atoms with Gasteiger partial charge in [0.05, 0.1) is 0 Å². The summed E-state index contributed by atoms with van der Waals surface area (Å²) < 4.78 is 0. The lowest BCUT2D eigenvalue weighted by Gasteiger charge is -2.23. The maximum atomic E-state index is 6.03. The molecule has 1 aliphatic heterocycles. The largest absolute Gasteiger partial charge is 0.326 e. The molecule has 2 rings (SSSR count). The second kappa shape index (κ2) is 4.56. The Labute approximate surface area is 98.4 Å². The van der Waals surface area contributed by atoms with Crippen LogP contribution in [0.1, 0.15) is 30.0 Å². The first-order valence-electron chi connectivity index (χ1n) is 6.13. The number of rotatable bonds is 2. The summed E-state index contributed by atoms with van der Waals surface area (Å²) in [6.07, 6.45) is 1.13. The summed E-state index contributed by atoms with van der Waals surface area (Å²) in [7, 11) is 0. The minimum absolute atomic E-state index is 0.353. The Hall–Kier alpha value is -0.860. The average Bonchev–Trinajstić information content (AvgIpc) is 2.55. The summed E-state index contributed by atoms with van der Waals surface area (Å²) in [6, 6.07) is 7.61. The molecule has 0 spiro atoms. The maximum Gasteiger partial charge on any atom is 0.0237 e. The van der Waals surface area contributed by atoms with Gasteiger partial charge in [-0.2, -0.15) is 0 Å². The molecule has 1 aliphatic rings. The number of benzene rings is 1. The van der Waals surface area contributed by atoms with E-state index in [1.54, 1.807) is 0 Å². The second-order valence-corrected chi connectivity index (χ2v) is 5.08. The molecule has 2 unspecified atom stereocenters. The molecule has 0 amide bonds. The third kappa shape index (κ3) is 2.28. The van der Waals surface area contributed by atoms with Crippen LogP contribution in [0.25, 0.3) is 0 Å². The van der Waals surface area contributed by atoms with Crippen LogP contribution in [0.5, 0.6) is 0 Å². The molecule has 0 bridgehead atoms. The van der Waals surface area contributed by atoms with Gasteiger partial charge in [-0.1, -0.05) is 18.2 Å². The number of likely N-dealkylation sites (tertiary alicyclic amines) is 1. The molecular formula is C14H22N2. The van der Waals surface area contributed by atoms with Crippen LogP contribution in [0.4, 0.5) is 0 Å². The Morgan fingerprint density at radius 2 is 2.06 bits per heavy atom. The normalized spacial score (nSPS) is 26.2. The maximum absolute atomic E-state index is 6.03. The Bertz CT molecular complexity index is 373. The third-order valence-corrected chi connectivity index (χ3v) is 3.90. The van der Waals surface area contributed by atoms with Gasteiger partial charge >= 0.3 is 0 Å². The van der Waals surface area contributed by atoms with E-state index in [1.807, 2.05) is 0 Å². The first-order valence-corrected chi connectivity index (χ1v) is 6.13. The molecule has 88 valence electrons. The summed E-state index contributed by atoms with van der Waals surface area (Å²) in [6.45, 7) is 8.75. The minimum atomic E-state index is 0.353. The van der Waals surface area contributed by atoms with Crippen LogP contribution in [-0.2, 0) is 6.54 Å². The number of hydrogen-bond acceptors (Lipinski definition) is 2. The Balaban J connectivity index is 2.07. The predicted molar refractivity (Wildman–Crippen MR) is 68.4 cm³/mol. The van der Waals surface area contributed by atoms with Gasteiger partial charge in [0.2, 0.25) is 0 Å². The smallest absolute Gasteiger partial charge is 0.0237 e. The van der Waals surface area contributed by atoms with E-state index in [9.17, 15) is 0 Å². The fraction of sp³-hybridized carbons (Fsp3) is 0.571. The molecule has 2 nitrogen and oxygen atoms in total. The molecular weight excluding hydrogens is 196 g/mol. The van der Waals surface area contributed by atoms with E-state index < -0.39 is 0 Å². The lowest BCUT2D eigenvalue weighted by atomic mass is 10.1. The van der Waals surface area contributed by atoms with Gasteiger partial charge in [-0.15, -0.1) is 0 Å². The van der Waals surface area contributed by atoms with E-state index in [2.05, 4.69) is 43.9 Å². The monoisotopic (exact) mass is 218 g/mol. The van der Waals surface area contributed by atoms with Crippen molar-refractivity contribution in [1.82, 2.24) is 4.90 Å². The van der Waals surface area contributed by atoms with E-state index in [1.165, 1.54) is 16.7 Å². The van der Waals surface area contributed by atoms with Gasteiger partial charge in [0.1, 0.15) is 0 Å². The fourth-order valence-electron chi connectivity index (χ4n) is 2.39. The summed E-state index contributed by atoms with van der Waals surface area (Å²) in [4.78, 5) is 2.48. The van der Waals surface area contributed by atoms with E-state index in [0.29, 0.717) is 12.1 Å². The van der Waals surface area contributed by atoms with Crippen LogP contribution in [0.2, 0.25) is 0 Å². The molecule has 0 aliphatic carbocycles. The van der Waals surface area contributed by atoms with Crippen LogP contribution < -0.4 is 5.73 Å². The molecule has 1 heterocycles. The molecule has 0 saturated carbocycles. The highest BCUT2D eigenvalue weighted by molar-refractivity contribution is 5.29. The van der Waals surface area contributed by atoms with E-state index in [0.717, 1.165) is 19.5 Å². The van der Waals surface area contributed by atoms with Crippen LogP contribution >= 0.6 is 0 Å². The van der Waals surface area contributed by atoms with Gasteiger partial charge in [-0.3, -0.25) is 4.90 Å². The minimum Gasteiger partial charge on any atom is -0.326 e. The molecule has 2 heteroatoms. The molecule has 0 radical (unpaired) electrons. The third-order valence-electron chi connectivity index (χ3n) is 3.90. The first kappa shape index (κ1) is 11.6. The molecule has 1 saturated heterocycles. The lowest BCUT2D eigenvalue weighted by Crippen LogP contribution is -2.36. The molecule has 2 N–H and O–H groups in total. The van der Waals surface area contributed by atoms with Crippen molar-refractivity contribution in [2.45, 2.75) is 45.8 Å². The highest BCUT2D eigenvalue weighted by atomic mass is 15.2. The van der Waals surface area contributed by atoms with Crippen LogP contribution in [-0.4, -0.2) is 23.5 Å². The van der Waals surface area contributed by atoms with Crippen LogP contribution in [0.3, 0.4) is 0 Å². The zero-order valence-corrected chi connectivity index (χ0v) is 10.5. The van der Waals surface area contributed by atoms with Gasteiger partial charge in [0, 0.05) is 25.2 Å². The average molecular weight is 218 g/mol. The molecule has 1 fully saturated rings. The standard InChI is InChI=1S/C14H22N2/c1-10-4-5-13(8-11(10)2)9-16-7-6-14(15)12(16)3/h4-5,8,12,14H,6-7,9,15H2,1-3H3. The van der Waals surface area contributed by atoms with Gasteiger partial charge in [0.25, 0.3) is 0 Å². The number of hydrogen-bond donors (Lipinski definition) is 1. The zero-order valence-electron chi connectivity index (χ0n) is 10.5. The Morgan fingerprint density at radius 1 is 1.31 bits per heavy atom. The fourth-order valence-corrected chi connectivity index (χ4v) is 2.39. The van der Waals surface area contributed by atoms with Crippen molar-refractivity contribution in [1.29, 1.82) is 0 Å². The molecule has 16 heavy (non-hydrogen) atoms. The highest BCUT2D eigenvalue weighted by Gasteiger charge is 2.27. The van der Waals surface area contributed by atoms with Gasteiger partial charge in [-0.05, 0) is 43.9 Å². The van der Waals surface area contributed by atoms with E-state index in [4.69, 9.17) is 5.73 Å². The summed E-state index contributed by atoms with van der Waals surface area (Å²) in [5.41, 5.74) is 10.2. The number of aryl methyl sites for hydroxylation is 2. The highest BCUT2D eigenvalue weighted by Crippen LogP contribution is 2.20. The van der Waals surface area contributed by atoms with Crippen molar-refractivity contribution in [2.24, 2.45) is 5.73 Å². The lowest BCUT2D eigenvalue weighted by molar-refractivity contribution is 0.251. The SMILES string of the molecule is Cc1ccc(CN2CCC(N)C2C)cc1C. The van der Waals surface area contributed by atoms with E-state index >= 15 is 0 Å². The van der Waals surface area contributed by atoms with Crippen LogP contribution in [0.15, 0.2) is 18.2 Å². The summed E-state index contributed by atoms with van der Waals surface area (Å²) >= 11 is 0. The van der Waals surface area contributed by atoms with Crippen molar-refractivity contribution in [3.63, 3.8) is 0 Å². The van der Waals surface area contributed by atoms with Crippen molar-refractivity contribution in [2.75, 3.05) is 6.54 Å². The molecule has 1 aromatic carbocycles. The van der Waals surface area contributed by atoms with Crippen molar-refractivity contribution in [3.05, 3.63) is 34.9 Å². The summed E-state index contributed by atoms with van der Waals surface area (Å²) in [5, 5.41) is 0. The van der Waals surface area contributed by atoms with E-state index in [-0.39, 0.29) is 0 Å². The Morgan fingerprint density at radius 3 is 2.62 bits per heavy atom. The first-order chi connectivity index (χ1) is 7.58. The van der Waals surface area contributed by atoms with Crippen molar-refractivity contribution in [3.8, 4) is 0 Å². The van der Waals surface area contributed by atoms with Gasteiger partial charge < -0.3 is 5.73 Å². The molecule has 1 aromatic rings. The molecule has 2 atom stereocenters. The van der Waals surface area contributed by atoms with Crippen molar-refractivity contribution < 1.29 is 0 Å². The summed E-state index contributed by atoms with van der Waals surface area (Å²) in [5.74, 6) is 0. The number of nitrogens with two attached hydrogens (primary N) is 1. The zero-order chi connectivity index (χ0) is 11.7. The Kier molecular flexibility index (Phi) is 3.31. The predicted octanol–water partition coefficient (Wildman–Crippen LogP) is 2.22. The second-order valence-electron chi connectivity index (χ2n) is 5.08.